The third kappa shape index (κ3) is 3.19. The summed E-state index contributed by atoms with van der Waals surface area (Å²) in [6.07, 6.45) is 7.94. The van der Waals surface area contributed by atoms with E-state index in [0.29, 0.717) is 26.2 Å². The number of unbranched alkanes of at least 4 members (excludes halogenated alkanes) is 1. The molecule has 1 aromatic rings. The topological polar surface area (TPSA) is 59.1 Å². The normalized spacial score (nSPS) is 29.5. The Hall–Kier alpha value is -2.60. The van der Waals surface area contributed by atoms with Crippen molar-refractivity contribution in [1.82, 2.24) is 9.80 Å². The molecule has 3 aliphatic rings. The van der Waals surface area contributed by atoms with Crippen LogP contribution in [0, 0.1) is 11.3 Å². The molecule has 4 rings (SSSR count). The van der Waals surface area contributed by atoms with E-state index in [4.69, 9.17) is 9.47 Å². The molecule has 2 fully saturated rings. The summed E-state index contributed by atoms with van der Waals surface area (Å²) in [4.78, 5) is 31.7. The van der Waals surface area contributed by atoms with E-state index in [9.17, 15) is 9.59 Å². The Bertz CT molecular complexity index is 896. The van der Waals surface area contributed by atoms with Gasteiger partial charge >= 0.3 is 5.97 Å². The summed E-state index contributed by atoms with van der Waals surface area (Å²) in [5, 5.41) is 0. The second-order valence-electron chi connectivity index (χ2n) is 8.63. The van der Waals surface area contributed by atoms with Gasteiger partial charge in [0.05, 0.1) is 19.1 Å². The maximum Gasteiger partial charge on any atom is 0.337 e. The summed E-state index contributed by atoms with van der Waals surface area (Å²) in [5.74, 6) is 0.207. The molecular weight excluding hydrogens is 392 g/mol. The molecule has 0 bridgehead atoms. The average Bonchev–Trinajstić information content (AvgIpc) is 3.19. The van der Waals surface area contributed by atoms with Crippen molar-refractivity contribution >= 4 is 11.9 Å². The molecule has 3 atom stereocenters. The molecule has 0 aromatic heterocycles. The lowest BCUT2D eigenvalue weighted by molar-refractivity contribution is -0.165. The maximum absolute atomic E-state index is 14.1. The van der Waals surface area contributed by atoms with Crippen LogP contribution in [-0.2, 0) is 25.6 Å². The van der Waals surface area contributed by atoms with Gasteiger partial charge in [0.15, 0.2) is 0 Å². The van der Waals surface area contributed by atoms with Crippen LogP contribution in [-0.4, -0.2) is 60.6 Å². The molecule has 6 heteroatoms. The van der Waals surface area contributed by atoms with Crippen LogP contribution in [0.1, 0.15) is 32.3 Å². The zero-order chi connectivity index (χ0) is 22.1. The van der Waals surface area contributed by atoms with Gasteiger partial charge < -0.3 is 14.4 Å². The first-order chi connectivity index (χ1) is 15.0. The van der Waals surface area contributed by atoms with Crippen LogP contribution < -0.4 is 0 Å². The van der Waals surface area contributed by atoms with Crippen molar-refractivity contribution in [3.8, 4) is 0 Å². The largest absolute Gasteiger partial charge is 0.497 e. The van der Waals surface area contributed by atoms with Gasteiger partial charge in [0.25, 0.3) is 5.91 Å². The number of esters is 1. The highest BCUT2D eigenvalue weighted by Crippen LogP contribution is 2.58. The van der Waals surface area contributed by atoms with E-state index in [2.05, 4.69) is 17.9 Å². The first-order valence-corrected chi connectivity index (χ1v) is 11.2. The number of benzene rings is 1. The Labute approximate surface area is 184 Å². The summed E-state index contributed by atoms with van der Waals surface area (Å²) in [6.45, 7) is 6.45. The Morgan fingerprint density at radius 3 is 2.68 bits per heavy atom. The van der Waals surface area contributed by atoms with E-state index in [-0.39, 0.29) is 18.4 Å². The standard InChI is InChI=1S/C25H32N2O4/c1-4-6-14-27-17-20-15-21(30-3)12-13-24(20)18-26(16-19-10-8-7-9-11-19)22(28)25(24,27)23(29)31-5-2/h7-13,15,20H,4-6,14,16-18H2,1-3H3/t20-,24+,25-/m0/s1. The van der Waals surface area contributed by atoms with Crippen LogP contribution in [0.5, 0.6) is 0 Å². The van der Waals surface area contributed by atoms with Gasteiger partial charge in [-0.2, -0.15) is 0 Å². The van der Waals surface area contributed by atoms with E-state index in [1.54, 1.807) is 14.0 Å². The Morgan fingerprint density at radius 2 is 2.00 bits per heavy atom. The fraction of sp³-hybridized carbons (Fsp3) is 0.520. The predicted octanol–water partition coefficient (Wildman–Crippen LogP) is 3.15. The molecule has 2 aliphatic heterocycles. The number of hydrogen-bond donors (Lipinski definition) is 0. The minimum absolute atomic E-state index is 0.00145. The van der Waals surface area contributed by atoms with E-state index in [1.807, 2.05) is 47.4 Å². The molecule has 1 aromatic carbocycles. The van der Waals surface area contributed by atoms with Crippen LogP contribution in [0.3, 0.4) is 0 Å². The molecule has 2 saturated heterocycles. The van der Waals surface area contributed by atoms with Gasteiger partial charge in [-0.25, -0.2) is 4.79 Å². The fourth-order valence-electron chi connectivity index (χ4n) is 5.58. The quantitative estimate of drug-likeness (QED) is 0.474. The van der Waals surface area contributed by atoms with Gasteiger partial charge in [0.2, 0.25) is 5.54 Å². The molecule has 0 N–H and O–H groups in total. The molecule has 1 aliphatic carbocycles. The van der Waals surface area contributed by atoms with Crippen LogP contribution in [0.15, 0.2) is 54.3 Å². The molecule has 31 heavy (non-hydrogen) atoms. The Balaban J connectivity index is 1.81. The van der Waals surface area contributed by atoms with Crippen molar-refractivity contribution in [1.29, 1.82) is 0 Å². The number of likely N-dealkylation sites (tertiary alicyclic amines) is 2. The average molecular weight is 425 g/mol. The summed E-state index contributed by atoms with van der Waals surface area (Å²) >= 11 is 0. The lowest BCUT2D eigenvalue weighted by Gasteiger charge is -2.40. The van der Waals surface area contributed by atoms with Gasteiger partial charge in [-0.1, -0.05) is 49.8 Å². The number of rotatable bonds is 8. The maximum atomic E-state index is 14.1. The minimum atomic E-state index is -1.33. The van der Waals surface area contributed by atoms with Crippen molar-refractivity contribution in [3.05, 3.63) is 59.9 Å². The number of amides is 1. The van der Waals surface area contributed by atoms with E-state index in [0.717, 1.165) is 24.2 Å². The fourth-order valence-corrected chi connectivity index (χ4v) is 5.58. The number of nitrogens with zero attached hydrogens (tertiary/aromatic N) is 2. The first-order valence-electron chi connectivity index (χ1n) is 11.2. The lowest BCUT2D eigenvalue weighted by Crippen LogP contribution is -2.63. The van der Waals surface area contributed by atoms with Crippen molar-refractivity contribution in [2.75, 3.05) is 33.4 Å². The first kappa shape index (κ1) is 21.6. The molecule has 166 valence electrons. The molecule has 6 nitrogen and oxygen atoms in total. The Morgan fingerprint density at radius 1 is 1.23 bits per heavy atom. The van der Waals surface area contributed by atoms with Crippen molar-refractivity contribution in [2.45, 2.75) is 38.8 Å². The van der Waals surface area contributed by atoms with Crippen LogP contribution in [0.2, 0.25) is 0 Å². The SMILES string of the molecule is CCCCN1C[C@@H]2C=C(OC)C=C[C@@]23CN(Cc2ccccc2)C(=O)[C@@]13C(=O)OCC. The van der Waals surface area contributed by atoms with Crippen molar-refractivity contribution < 1.29 is 19.1 Å². The number of methoxy groups -OCH3 is 1. The third-order valence-electron chi connectivity index (χ3n) is 6.99. The molecular formula is C25H32N2O4. The second kappa shape index (κ2) is 8.50. The van der Waals surface area contributed by atoms with Crippen molar-refractivity contribution in [3.63, 3.8) is 0 Å². The van der Waals surface area contributed by atoms with E-state index < -0.39 is 16.9 Å². The summed E-state index contributed by atoms with van der Waals surface area (Å²) in [6, 6.07) is 9.94. The molecule has 0 unspecified atom stereocenters. The number of allylic oxidation sites excluding steroid dienone is 1. The van der Waals surface area contributed by atoms with Crippen LogP contribution in [0.4, 0.5) is 0 Å². The second-order valence-corrected chi connectivity index (χ2v) is 8.63. The highest BCUT2D eigenvalue weighted by Gasteiger charge is 2.76. The number of carbonyl (C=O) groups is 2. The third-order valence-corrected chi connectivity index (χ3v) is 6.99. The number of hydrogen-bond acceptors (Lipinski definition) is 5. The molecule has 0 saturated carbocycles. The van der Waals surface area contributed by atoms with Gasteiger partial charge in [-0.05, 0) is 37.6 Å². The highest BCUT2D eigenvalue weighted by molar-refractivity contribution is 6.11. The zero-order valence-corrected chi connectivity index (χ0v) is 18.7. The van der Waals surface area contributed by atoms with Gasteiger partial charge in [-0.3, -0.25) is 9.69 Å². The zero-order valence-electron chi connectivity index (χ0n) is 18.7. The summed E-state index contributed by atoms with van der Waals surface area (Å²) in [7, 11) is 1.65. The highest BCUT2D eigenvalue weighted by atomic mass is 16.5. The van der Waals surface area contributed by atoms with Crippen LogP contribution in [0.25, 0.3) is 0 Å². The Kier molecular flexibility index (Phi) is 5.93. The number of carbonyl (C=O) groups excluding carboxylic acids is 2. The van der Waals surface area contributed by atoms with Gasteiger partial charge in [0.1, 0.15) is 5.76 Å². The minimum Gasteiger partial charge on any atom is -0.497 e. The molecule has 1 spiro atoms. The lowest BCUT2D eigenvalue weighted by atomic mass is 9.65. The van der Waals surface area contributed by atoms with Crippen LogP contribution >= 0.6 is 0 Å². The summed E-state index contributed by atoms with van der Waals surface area (Å²) < 4.78 is 11.1. The van der Waals surface area contributed by atoms with E-state index >= 15 is 0 Å². The summed E-state index contributed by atoms with van der Waals surface area (Å²) in [5.41, 5.74) is -0.944. The van der Waals surface area contributed by atoms with Crippen molar-refractivity contribution in [2.24, 2.45) is 11.3 Å². The molecule has 2 heterocycles. The molecule has 0 radical (unpaired) electrons. The van der Waals surface area contributed by atoms with E-state index in [1.165, 1.54) is 0 Å². The monoisotopic (exact) mass is 424 g/mol. The smallest absolute Gasteiger partial charge is 0.337 e. The predicted molar refractivity (Wildman–Crippen MR) is 118 cm³/mol. The number of ether oxygens (including phenoxy) is 2. The van der Waals surface area contributed by atoms with Gasteiger partial charge in [0, 0.05) is 25.6 Å². The van der Waals surface area contributed by atoms with Gasteiger partial charge in [-0.15, -0.1) is 0 Å². The molecule has 1 amide bonds.